The molecule has 0 spiro atoms. The first-order valence-corrected chi connectivity index (χ1v) is 5.92. The Morgan fingerprint density at radius 1 is 1.24 bits per heavy atom. The van der Waals surface area contributed by atoms with Gasteiger partial charge in [0.25, 0.3) is 0 Å². The second kappa shape index (κ2) is 6.00. The van der Waals surface area contributed by atoms with E-state index in [0.29, 0.717) is 11.6 Å². The van der Waals surface area contributed by atoms with Crippen molar-refractivity contribution in [1.29, 1.82) is 0 Å². The molecule has 21 heavy (non-hydrogen) atoms. The van der Waals surface area contributed by atoms with Crippen LogP contribution in [0.15, 0.2) is 48.4 Å². The van der Waals surface area contributed by atoms with Crippen LogP contribution in [0.3, 0.4) is 0 Å². The van der Waals surface area contributed by atoms with Crippen molar-refractivity contribution in [3.8, 4) is 0 Å². The lowest BCUT2D eigenvalue weighted by molar-refractivity contribution is -0.135. The standard InChI is InChI=1S/C14H11FN2O4/c15-10-4-2-1-3-9(10)8-17-6-5-11(16-17)12(18)7-13(19)14(20)21/h1-7,19H,8H2,(H,20,21). The molecule has 1 heterocycles. The summed E-state index contributed by atoms with van der Waals surface area (Å²) in [7, 11) is 0. The number of rotatable bonds is 5. The Balaban J connectivity index is 2.15. The van der Waals surface area contributed by atoms with Gasteiger partial charge >= 0.3 is 5.97 Å². The van der Waals surface area contributed by atoms with Crippen LogP contribution < -0.4 is 0 Å². The van der Waals surface area contributed by atoms with Crippen molar-refractivity contribution in [2.45, 2.75) is 6.54 Å². The SMILES string of the molecule is O=C(O)C(O)=CC(=O)c1ccn(Cc2ccccc2F)n1. The third-order valence-corrected chi connectivity index (χ3v) is 2.67. The van der Waals surface area contributed by atoms with Gasteiger partial charge in [-0.3, -0.25) is 9.48 Å². The molecule has 0 saturated carbocycles. The van der Waals surface area contributed by atoms with Gasteiger partial charge in [0.1, 0.15) is 11.5 Å². The molecule has 7 heteroatoms. The minimum absolute atomic E-state index is 0.0425. The van der Waals surface area contributed by atoms with E-state index in [-0.39, 0.29) is 18.1 Å². The number of hydrogen-bond acceptors (Lipinski definition) is 4. The largest absolute Gasteiger partial charge is 0.502 e. The highest BCUT2D eigenvalue weighted by Gasteiger charge is 2.12. The van der Waals surface area contributed by atoms with E-state index in [2.05, 4.69) is 5.10 Å². The number of nitrogens with zero attached hydrogens (tertiary/aromatic N) is 2. The minimum atomic E-state index is -1.60. The van der Waals surface area contributed by atoms with Gasteiger partial charge in [0.2, 0.25) is 11.5 Å². The van der Waals surface area contributed by atoms with E-state index >= 15 is 0 Å². The van der Waals surface area contributed by atoms with Gasteiger partial charge < -0.3 is 10.2 Å². The number of aromatic nitrogens is 2. The summed E-state index contributed by atoms with van der Waals surface area (Å²) >= 11 is 0. The van der Waals surface area contributed by atoms with Gasteiger partial charge in [-0.15, -0.1) is 0 Å². The first kappa shape index (κ1) is 14.4. The molecule has 0 amide bonds. The maximum absolute atomic E-state index is 13.5. The third kappa shape index (κ3) is 3.53. The Morgan fingerprint density at radius 2 is 1.95 bits per heavy atom. The average Bonchev–Trinajstić information content (AvgIpc) is 2.90. The summed E-state index contributed by atoms with van der Waals surface area (Å²) in [5.41, 5.74) is 0.364. The quantitative estimate of drug-likeness (QED) is 0.497. The minimum Gasteiger partial charge on any atom is -0.502 e. The number of carboxylic acids is 1. The van der Waals surface area contributed by atoms with Crippen molar-refractivity contribution < 1.29 is 24.2 Å². The van der Waals surface area contributed by atoms with Crippen LogP contribution in [0.4, 0.5) is 4.39 Å². The molecule has 2 rings (SSSR count). The smallest absolute Gasteiger partial charge is 0.371 e. The Morgan fingerprint density at radius 3 is 2.62 bits per heavy atom. The van der Waals surface area contributed by atoms with Crippen LogP contribution in [-0.4, -0.2) is 31.7 Å². The van der Waals surface area contributed by atoms with E-state index < -0.39 is 17.5 Å². The summed E-state index contributed by atoms with van der Waals surface area (Å²) in [6, 6.07) is 7.51. The second-order valence-corrected chi connectivity index (χ2v) is 4.19. The first-order valence-electron chi connectivity index (χ1n) is 5.92. The molecule has 6 nitrogen and oxygen atoms in total. The number of carboxylic acid groups (broad SMARTS) is 1. The summed E-state index contributed by atoms with van der Waals surface area (Å²) < 4.78 is 14.8. The van der Waals surface area contributed by atoms with Crippen LogP contribution in [0.5, 0.6) is 0 Å². The molecule has 0 aliphatic heterocycles. The van der Waals surface area contributed by atoms with Gasteiger partial charge in [0, 0.05) is 17.8 Å². The van der Waals surface area contributed by atoms with E-state index in [1.807, 2.05) is 0 Å². The van der Waals surface area contributed by atoms with E-state index in [1.165, 1.54) is 23.0 Å². The van der Waals surface area contributed by atoms with Gasteiger partial charge in [0.15, 0.2) is 0 Å². The Hall–Kier alpha value is -2.96. The molecular weight excluding hydrogens is 279 g/mol. The van der Waals surface area contributed by atoms with Crippen molar-refractivity contribution in [3.05, 3.63) is 65.4 Å². The van der Waals surface area contributed by atoms with Crippen LogP contribution in [0.2, 0.25) is 0 Å². The molecular formula is C14H11FN2O4. The normalized spacial score (nSPS) is 11.4. The maximum atomic E-state index is 13.5. The van der Waals surface area contributed by atoms with Gasteiger partial charge in [-0.25, -0.2) is 9.18 Å². The zero-order valence-electron chi connectivity index (χ0n) is 10.7. The van der Waals surface area contributed by atoms with Crippen LogP contribution in [0, 0.1) is 5.82 Å². The van der Waals surface area contributed by atoms with Crippen molar-refractivity contribution >= 4 is 11.8 Å². The molecule has 1 aromatic heterocycles. The van der Waals surface area contributed by atoms with Crippen LogP contribution in [0.25, 0.3) is 0 Å². The fraction of sp³-hybridized carbons (Fsp3) is 0.0714. The zero-order chi connectivity index (χ0) is 15.4. The highest BCUT2D eigenvalue weighted by Crippen LogP contribution is 2.09. The van der Waals surface area contributed by atoms with E-state index in [1.54, 1.807) is 18.2 Å². The molecule has 2 N–H and O–H groups in total. The molecule has 0 atom stereocenters. The molecule has 2 aromatic rings. The summed E-state index contributed by atoms with van der Waals surface area (Å²) in [5, 5.41) is 21.4. The number of aliphatic hydroxyl groups is 1. The van der Waals surface area contributed by atoms with Crippen LogP contribution >= 0.6 is 0 Å². The van der Waals surface area contributed by atoms with E-state index in [0.717, 1.165) is 0 Å². The number of aliphatic carboxylic acids is 1. The van der Waals surface area contributed by atoms with Crippen molar-refractivity contribution in [2.24, 2.45) is 0 Å². The monoisotopic (exact) mass is 290 g/mol. The molecule has 1 aromatic carbocycles. The molecule has 108 valence electrons. The fourth-order valence-corrected chi connectivity index (χ4v) is 1.64. The Kier molecular flexibility index (Phi) is 4.13. The first-order chi connectivity index (χ1) is 9.97. The van der Waals surface area contributed by atoms with Gasteiger partial charge in [-0.2, -0.15) is 5.10 Å². The second-order valence-electron chi connectivity index (χ2n) is 4.19. The number of allylic oxidation sites excluding steroid dienone is 1. The number of benzene rings is 1. The lowest BCUT2D eigenvalue weighted by Gasteiger charge is -2.02. The van der Waals surface area contributed by atoms with Gasteiger partial charge in [-0.1, -0.05) is 18.2 Å². The Labute approximate surface area is 118 Å². The van der Waals surface area contributed by atoms with Crippen molar-refractivity contribution in [3.63, 3.8) is 0 Å². The summed E-state index contributed by atoms with van der Waals surface area (Å²) in [5.74, 6) is -3.80. The van der Waals surface area contributed by atoms with E-state index in [9.17, 15) is 14.0 Å². The van der Waals surface area contributed by atoms with Crippen molar-refractivity contribution in [2.75, 3.05) is 0 Å². The predicted octanol–water partition coefficient (Wildman–Crippen LogP) is 1.78. The molecule has 0 unspecified atom stereocenters. The zero-order valence-corrected chi connectivity index (χ0v) is 10.7. The number of carbonyl (C=O) groups is 2. The van der Waals surface area contributed by atoms with Crippen molar-refractivity contribution in [1.82, 2.24) is 9.78 Å². The lowest BCUT2D eigenvalue weighted by atomic mass is 10.2. The molecule has 0 fully saturated rings. The number of carbonyl (C=O) groups excluding carboxylic acids is 1. The summed E-state index contributed by atoms with van der Waals surface area (Å²) in [4.78, 5) is 22.1. The number of aliphatic hydroxyl groups excluding tert-OH is 1. The molecule has 0 bridgehead atoms. The number of ketones is 1. The van der Waals surface area contributed by atoms with E-state index in [4.69, 9.17) is 10.2 Å². The molecule has 0 aliphatic carbocycles. The fourth-order valence-electron chi connectivity index (χ4n) is 1.64. The average molecular weight is 290 g/mol. The van der Waals surface area contributed by atoms with Crippen LogP contribution in [-0.2, 0) is 11.3 Å². The predicted molar refractivity (Wildman–Crippen MR) is 70.4 cm³/mol. The van der Waals surface area contributed by atoms with Gasteiger partial charge in [0.05, 0.1) is 6.54 Å². The summed E-state index contributed by atoms with van der Waals surface area (Å²) in [6.45, 7) is 0.134. The number of halogens is 1. The Bertz CT molecular complexity index is 721. The molecule has 0 aliphatic rings. The third-order valence-electron chi connectivity index (χ3n) is 2.67. The summed E-state index contributed by atoms with van der Waals surface area (Å²) in [6.07, 6.45) is 2.03. The van der Waals surface area contributed by atoms with Crippen LogP contribution in [0.1, 0.15) is 16.1 Å². The number of hydrogen-bond donors (Lipinski definition) is 2. The molecule has 0 saturated heterocycles. The van der Waals surface area contributed by atoms with Gasteiger partial charge in [-0.05, 0) is 12.1 Å². The highest BCUT2D eigenvalue weighted by atomic mass is 19.1. The lowest BCUT2D eigenvalue weighted by Crippen LogP contribution is -2.07. The topological polar surface area (TPSA) is 92.4 Å². The molecule has 0 radical (unpaired) electrons. The highest BCUT2D eigenvalue weighted by molar-refractivity contribution is 6.06. The maximum Gasteiger partial charge on any atom is 0.371 e.